The maximum absolute atomic E-state index is 12.0. The van der Waals surface area contributed by atoms with E-state index in [9.17, 15) is 4.79 Å². The fourth-order valence-electron chi connectivity index (χ4n) is 3.16. The minimum absolute atomic E-state index is 0.0360. The molecule has 1 amide bonds. The zero-order chi connectivity index (χ0) is 21.6. The van der Waals surface area contributed by atoms with Crippen molar-refractivity contribution in [3.63, 3.8) is 0 Å². The zero-order valence-electron chi connectivity index (χ0n) is 18.1. The van der Waals surface area contributed by atoms with Crippen LogP contribution in [0.1, 0.15) is 39.9 Å². The first-order valence-electron chi connectivity index (χ1n) is 10.3. The van der Waals surface area contributed by atoms with Gasteiger partial charge in [0.25, 0.3) is 0 Å². The highest BCUT2D eigenvalue weighted by atomic mass is 16.6. The first-order valence-corrected chi connectivity index (χ1v) is 10.3. The predicted octanol–water partition coefficient (Wildman–Crippen LogP) is 2.17. The Morgan fingerprint density at radius 1 is 1.47 bits per heavy atom. The molecule has 10 heteroatoms. The van der Waals surface area contributed by atoms with Crippen molar-refractivity contribution >= 4 is 12.1 Å². The minimum Gasteiger partial charge on any atom is -0.461 e. The summed E-state index contributed by atoms with van der Waals surface area (Å²) in [5.74, 6) is 2.76. The number of alkyl carbamates (subject to hydrolysis) is 1. The van der Waals surface area contributed by atoms with Gasteiger partial charge in [-0.25, -0.2) is 9.78 Å². The van der Waals surface area contributed by atoms with Gasteiger partial charge < -0.3 is 24.7 Å². The largest absolute Gasteiger partial charge is 0.461 e. The SMILES string of the molecule is CCNC(=NCCc1nc(-c2ccco2)n[nH]1)N1CC[C@@H](NC(=O)OC(C)(C)C)C1. The van der Waals surface area contributed by atoms with Crippen LogP contribution in [0.15, 0.2) is 27.8 Å². The van der Waals surface area contributed by atoms with Crippen molar-refractivity contribution in [2.45, 2.75) is 52.2 Å². The maximum atomic E-state index is 12.0. The molecule has 10 nitrogen and oxygen atoms in total. The fourth-order valence-corrected chi connectivity index (χ4v) is 3.16. The molecular weight excluding hydrogens is 386 g/mol. The summed E-state index contributed by atoms with van der Waals surface area (Å²) in [7, 11) is 0. The van der Waals surface area contributed by atoms with Crippen molar-refractivity contribution in [3.05, 3.63) is 24.2 Å². The Morgan fingerprint density at radius 2 is 2.30 bits per heavy atom. The number of hydrogen-bond donors (Lipinski definition) is 3. The van der Waals surface area contributed by atoms with E-state index in [1.807, 2.05) is 33.8 Å². The first-order chi connectivity index (χ1) is 14.3. The van der Waals surface area contributed by atoms with Gasteiger partial charge in [0.15, 0.2) is 11.7 Å². The van der Waals surface area contributed by atoms with E-state index in [-0.39, 0.29) is 12.1 Å². The molecule has 0 saturated carbocycles. The van der Waals surface area contributed by atoms with Gasteiger partial charge in [-0.05, 0) is 46.2 Å². The molecule has 0 aromatic carbocycles. The standard InChI is InChI=1S/C20H31N7O3/c1-5-21-18(27-11-9-14(13-27)23-19(28)30-20(2,3)4)22-10-8-16-24-17(26-25-16)15-7-6-12-29-15/h6-7,12,14H,5,8-11,13H2,1-4H3,(H,21,22)(H,23,28)(H,24,25,26)/t14-/m1/s1. The van der Waals surface area contributed by atoms with Gasteiger partial charge in [-0.15, -0.1) is 0 Å². The van der Waals surface area contributed by atoms with Gasteiger partial charge in [0.1, 0.15) is 11.4 Å². The van der Waals surface area contributed by atoms with E-state index in [1.54, 1.807) is 12.3 Å². The number of rotatable bonds is 6. The van der Waals surface area contributed by atoms with Gasteiger partial charge in [-0.3, -0.25) is 10.1 Å². The molecule has 1 fully saturated rings. The number of likely N-dealkylation sites (tertiary alicyclic amines) is 1. The molecule has 3 N–H and O–H groups in total. The molecule has 2 aromatic heterocycles. The number of ether oxygens (including phenoxy) is 1. The Balaban J connectivity index is 1.51. The van der Waals surface area contributed by atoms with Crippen molar-refractivity contribution in [2.75, 3.05) is 26.2 Å². The third-order valence-corrected chi connectivity index (χ3v) is 4.43. The Bertz CT molecular complexity index is 839. The number of aliphatic imine (C=N–C) groups is 1. The maximum Gasteiger partial charge on any atom is 0.407 e. The molecule has 30 heavy (non-hydrogen) atoms. The van der Waals surface area contributed by atoms with Gasteiger partial charge in [0.2, 0.25) is 5.82 Å². The molecule has 1 atom stereocenters. The molecular formula is C20H31N7O3. The second-order valence-electron chi connectivity index (χ2n) is 8.15. The number of nitrogens with one attached hydrogen (secondary N) is 3. The summed E-state index contributed by atoms with van der Waals surface area (Å²) in [6.07, 6.45) is 2.70. The van der Waals surface area contributed by atoms with Gasteiger partial charge in [0.05, 0.1) is 12.3 Å². The number of nitrogens with zero attached hydrogens (tertiary/aromatic N) is 4. The average Bonchev–Trinajstić information content (AvgIpc) is 3.41. The molecule has 0 unspecified atom stereocenters. The van der Waals surface area contributed by atoms with Crippen LogP contribution in [0.2, 0.25) is 0 Å². The molecule has 0 bridgehead atoms. The first kappa shape index (κ1) is 21.7. The average molecular weight is 418 g/mol. The molecule has 0 radical (unpaired) electrons. The molecule has 1 saturated heterocycles. The minimum atomic E-state index is -0.504. The zero-order valence-corrected chi connectivity index (χ0v) is 18.1. The van der Waals surface area contributed by atoms with Crippen molar-refractivity contribution < 1.29 is 13.9 Å². The summed E-state index contributed by atoms with van der Waals surface area (Å²) in [6, 6.07) is 3.66. The van der Waals surface area contributed by atoms with E-state index < -0.39 is 5.60 Å². The number of carbonyl (C=O) groups is 1. The Morgan fingerprint density at radius 3 is 3.00 bits per heavy atom. The van der Waals surface area contributed by atoms with Crippen LogP contribution in [0.4, 0.5) is 4.79 Å². The second kappa shape index (κ2) is 9.64. The van der Waals surface area contributed by atoms with E-state index in [2.05, 4.69) is 30.7 Å². The highest BCUT2D eigenvalue weighted by Gasteiger charge is 2.27. The summed E-state index contributed by atoms with van der Waals surface area (Å²) in [5.41, 5.74) is -0.504. The molecule has 1 aliphatic heterocycles. The van der Waals surface area contributed by atoms with Crippen LogP contribution in [0.3, 0.4) is 0 Å². The van der Waals surface area contributed by atoms with E-state index in [0.29, 0.717) is 31.1 Å². The third-order valence-electron chi connectivity index (χ3n) is 4.43. The Labute approximate surface area is 176 Å². The van der Waals surface area contributed by atoms with E-state index >= 15 is 0 Å². The van der Waals surface area contributed by atoms with Gasteiger partial charge in [0, 0.05) is 32.6 Å². The lowest BCUT2D eigenvalue weighted by Crippen LogP contribution is -2.44. The summed E-state index contributed by atoms with van der Waals surface area (Å²) in [6.45, 7) is 10.4. The van der Waals surface area contributed by atoms with Crippen LogP contribution in [0.25, 0.3) is 11.6 Å². The van der Waals surface area contributed by atoms with Crippen molar-refractivity contribution in [1.82, 2.24) is 30.7 Å². The normalized spacial score (nSPS) is 17.3. The molecule has 3 heterocycles. The quantitative estimate of drug-likeness (QED) is 0.486. The Hall–Kier alpha value is -3.04. The highest BCUT2D eigenvalue weighted by molar-refractivity contribution is 5.80. The lowest BCUT2D eigenvalue weighted by atomic mass is 10.2. The number of carbonyl (C=O) groups excluding carboxylic acids is 1. The number of hydrogen-bond acceptors (Lipinski definition) is 6. The van der Waals surface area contributed by atoms with Crippen LogP contribution in [-0.2, 0) is 11.2 Å². The highest BCUT2D eigenvalue weighted by Crippen LogP contribution is 2.15. The van der Waals surface area contributed by atoms with Crippen LogP contribution < -0.4 is 10.6 Å². The van der Waals surface area contributed by atoms with Crippen molar-refractivity contribution in [2.24, 2.45) is 4.99 Å². The number of amides is 1. The number of aromatic nitrogens is 3. The lowest BCUT2D eigenvalue weighted by molar-refractivity contribution is 0.0507. The van der Waals surface area contributed by atoms with Crippen LogP contribution in [0, 0.1) is 0 Å². The monoisotopic (exact) mass is 417 g/mol. The summed E-state index contributed by atoms with van der Waals surface area (Å²) < 4.78 is 10.7. The topological polar surface area (TPSA) is 121 Å². The van der Waals surface area contributed by atoms with E-state index in [4.69, 9.17) is 14.1 Å². The van der Waals surface area contributed by atoms with Crippen LogP contribution >= 0.6 is 0 Å². The summed E-state index contributed by atoms with van der Waals surface area (Å²) in [5, 5.41) is 13.4. The lowest BCUT2D eigenvalue weighted by Gasteiger charge is -2.23. The molecule has 3 rings (SSSR count). The van der Waals surface area contributed by atoms with Gasteiger partial charge >= 0.3 is 6.09 Å². The van der Waals surface area contributed by atoms with E-state index in [1.165, 1.54) is 0 Å². The Kier molecular flexibility index (Phi) is 6.96. The number of guanidine groups is 1. The molecule has 164 valence electrons. The molecule has 0 aliphatic carbocycles. The second-order valence-corrected chi connectivity index (χ2v) is 8.15. The number of H-pyrrole nitrogens is 1. The fraction of sp³-hybridized carbons (Fsp3) is 0.600. The number of furan rings is 1. The predicted molar refractivity (Wildman–Crippen MR) is 113 cm³/mol. The van der Waals surface area contributed by atoms with Crippen LogP contribution in [-0.4, -0.2) is 70.0 Å². The molecule has 2 aromatic rings. The van der Waals surface area contributed by atoms with Crippen molar-refractivity contribution in [3.8, 4) is 11.6 Å². The summed E-state index contributed by atoms with van der Waals surface area (Å²) >= 11 is 0. The van der Waals surface area contributed by atoms with Crippen LogP contribution in [0.5, 0.6) is 0 Å². The third kappa shape index (κ3) is 6.23. The van der Waals surface area contributed by atoms with E-state index in [0.717, 1.165) is 31.3 Å². The van der Waals surface area contributed by atoms with Gasteiger partial charge in [-0.1, -0.05) is 0 Å². The summed E-state index contributed by atoms with van der Waals surface area (Å²) in [4.78, 5) is 23.3. The molecule has 1 aliphatic rings. The number of aromatic amines is 1. The smallest absolute Gasteiger partial charge is 0.407 e. The van der Waals surface area contributed by atoms with Gasteiger partial charge in [-0.2, -0.15) is 5.10 Å². The van der Waals surface area contributed by atoms with Crippen molar-refractivity contribution in [1.29, 1.82) is 0 Å². The molecule has 0 spiro atoms.